The molecule has 0 aromatic rings. The Morgan fingerprint density at radius 2 is 1.00 bits per heavy atom. The quantitative estimate of drug-likeness (QED) is 0.457. The van der Waals surface area contributed by atoms with Crippen LogP contribution in [0, 0.1) is 0 Å². The molecular formula is C10H19BrFe. The van der Waals surface area contributed by atoms with Crippen molar-refractivity contribution in [1.29, 1.82) is 0 Å². The molecule has 2 aliphatic rings. The minimum atomic E-state index is 0. The van der Waals surface area contributed by atoms with Crippen molar-refractivity contribution < 1.29 is 17.1 Å². The Morgan fingerprint density at radius 3 is 1.17 bits per heavy atom. The predicted octanol–water partition coefficient (Wildman–Crippen LogP) is 4.27. The molecule has 2 aliphatic carbocycles. The van der Waals surface area contributed by atoms with Gasteiger partial charge in [0, 0.05) is 21.9 Å². The van der Waals surface area contributed by atoms with Crippen molar-refractivity contribution >= 4 is 15.9 Å². The number of hydrogen-bond donors (Lipinski definition) is 0. The molecule has 2 saturated carbocycles. The van der Waals surface area contributed by atoms with Crippen LogP contribution in [0.25, 0.3) is 0 Å². The first kappa shape index (κ1) is 13.0. The Labute approximate surface area is 95.5 Å². The molecule has 0 unspecified atom stereocenters. The van der Waals surface area contributed by atoms with E-state index in [1.165, 1.54) is 57.8 Å². The van der Waals surface area contributed by atoms with Crippen LogP contribution in [0.5, 0.6) is 0 Å². The maximum Gasteiger partial charge on any atom is 0.0145 e. The fraction of sp³-hybridized carbons (Fsp3) is 1.00. The maximum absolute atomic E-state index is 3.54. The first-order valence-electron chi connectivity index (χ1n) is 5.03. The van der Waals surface area contributed by atoms with Gasteiger partial charge in [-0.2, -0.15) is 0 Å². The molecule has 0 aromatic heterocycles. The summed E-state index contributed by atoms with van der Waals surface area (Å²) < 4.78 is 0. The van der Waals surface area contributed by atoms with Crippen LogP contribution in [0.4, 0.5) is 0 Å². The molecule has 12 heavy (non-hydrogen) atoms. The second-order valence-corrected chi connectivity index (χ2v) is 4.94. The molecule has 2 fully saturated rings. The van der Waals surface area contributed by atoms with Crippen molar-refractivity contribution in [1.82, 2.24) is 0 Å². The van der Waals surface area contributed by atoms with Gasteiger partial charge >= 0.3 is 0 Å². The van der Waals surface area contributed by atoms with Gasteiger partial charge in [-0.25, -0.2) is 0 Å². The summed E-state index contributed by atoms with van der Waals surface area (Å²) in [6, 6.07) is 0. The zero-order valence-corrected chi connectivity index (χ0v) is 10.4. The Hall–Kier alpha value is 0.999. The van der Waals surface area contributed by atoms with Crippen LogP contribution in [0.3, 0.4) is 0 Å². The largest absolute Gasteiger partial charge is 0.0891 e. The molecule has 0 atom stereocenters. The minimum Gasteiger partial charge on any atom is -0.0891 e. The summed E-state index contributed by atoms with van der Waals surface area (Å²) in [6.07, 6.45) is 13.2. The van der Waals surface area contributed by atoms with E-state index in [2.05, 4.69) is 15.9 Å². The van der Waals surface area contributed by atoms with Gasteiger partial charge in [-0.05, 0) is 12.8 Å². The van der Waals surface area contributed by atoms with Gasteiger partial charge in [0.15, 0.2) is 0 Å². The maximum atomic E-state index is 3.54. The van der Waals surface area contributed by atoms with Gasteiger partial charge in [-0.3, -0.25) is 0 Å². The molecule has 0 spiro atoms. The zero-order chi connectivity index (χ0) is 7.94. The fourth-order valence-electron chi connectivity index (χ4n) is 1.76. The Balaban J connectivity index is 0.000000189. The molecule has 0 bridgehead atoms. The average Bonchev–Trinajstić information content (AvgIpc) is 2.57. The monoisotopic (exact) mass is 274 g/mol. The Bertz CT molecular complexity index is 78.2. The predicted molar refractivity (Wildman–Crippen MR) is 54.3 cm³/mol. The molecule has 0 N–H and O–H groups in total. The molecule has 0 nitrogen and oxygen atoms in total. The SMILES string of the molecule is BrC1CCCC1.C1CCCC1.[Fe]. The van der Waals surface area contributed by atoms with E-state index >= 15 is 0 Å². The zero-order valence-electron chi connectivity index (χ0n) is 7.67. The van der Waals surface area contributed by atoms with Crippen LogP contribution in [0.15, 0.2) is 0 Å². The molecule has 0 aliphatic heterocycles. The van der Waals surface area contributed by atoms with E-state index in [1.807, 2.05) is 0 Å². The summed E-state index contributed by atoms with van der Waals surface area (Å²) in [5, 5.41) is 0. The minimum absolute atomic E-state index is 0. The summed E-state index contributed by atoms with van der Waals surface area (Å²) in [4.78, 5) is 0.859. The van der Waals surface area contributed by atoms with Crippen LogP contribution in [0.1, 0.15) is 57.8 Å². The second-order valence-electron chi connectivity index (χ2n) is 3.65. The normalized spacial score (nSPS) is 22.8. The first-order chi connectivity index (χ1) is 5.39. The molecule has 0 amide bonds. The van der Waals surface area contributed by atoms with Gasteiger partial charge in [0.25, 0.3) is 0 Å². The van der Waals surface area contributed by atoms with Gasteiger partial charge in [0.05, 0.1) is 0 Å². The Morgan fingerprint density at radius 1 is 0.667 bits per heavy atom. The van der Waals surface area contributed by atoms with E-state index in [0.29, 0.717) is 0 Å². The first-order valence-corrected chi connectivity index (χ1v) is 5.95. The Kier molecular flexibility index (Phi) is 9.31. The van der Waals surface area contributed by atoms with Crippen molar-refractivity contribution in [3.8, 4) is 0 Å². The van der Waals surface area contributed by atoms with E-state index in [0.717, 1.165) is 4.83 Å². The van der Waals surface area contributed by atoms with Gasteiger partial charge < -0.3 is 0 Å². The summed E-state index contributed by atoms with van der Waals surface area (Å²) in [5.74, 6) is 0. The smallest absolute Gasteiger partial charge is 0.0145 e. The molecule has 0 saturated heterocycles. The van der Waals surface area contributed by atoms with Gasteiger partial charge in [-0.1, -0.05) is 60.9 Å². The third-order valence-corrected chi connectivity index (χ3v) is 3.45. The number of halogens is 1. The van der Waals surface area contributed by atoms with E-state index in [4.69, 9.17) is 0 Å². The molecule has 0 heterocycles. The van der Waals surface area contributed by atoms with Crippen molar-refractivity contribution in [2.24, 2.45) is 0 Å². The molecule has 2 rings (SSSR count). The molecule has 0 radical (unpaired) electrons. The summed E-state index contributed by atoms with van der Waals surface area (Å²) in [6.45, 7) is 0. The summed E-state index contributed by atoms with van der Waals surface area (Å²) >= 11 is 3.54. The number of rotatable bonds is 0. The van der Waals surface area contributed by atoms with Crippen molar-refractivity contribution in [2.75, 3.05) is 0 Å². The number of hydrogen-bond acceptors (Lipinski definition) is 0. The third-order valence-electron chi connectivity index (χ3n) is 2.53. The van der Waals surface area contributed by atoms with Crippen LogP contribution in [-0.2, 0) is 17.1 Å². The standard InChI is InChI=1S/C5H9Br.C5H10.Fe/c6-5-3-1-2-4-5;1-2-4-5-3-1;/h5H,1-4H2;1-5H2;. The fourth-order valence-corrected chi connectivity index (χ4v) is 2.41. The molecular weight excluding hydrogens is 256 g/mol. The molecule has 0 aromatic carbocycles. The van der Waals surface area contributed by atoms with E-state index < -0.39 is 0 Å². The van der Waals surface area contributed by atoms with Gasteiger partial charge in [-0.15, -0.1) is 0 Å². The van der Waals surface area contributed by atoms with Crippen molar-refractivity contribution in [2.45, 2.75) is 62.6 Å². The second kappa shape index (κ2) is 8.59. The van der Waals surface area contributed by atoms with Crippen LogP contribution in [-0.4, -0.2) is 4.83 Å². The van der Waals surface area contributed by atoms with Crippen LogP contribution in [0.2, 0.25) is 0 Å². The number of alkyl halides is 1. The van der Waals surface area contributed by atoms with E-state index in [-0.39, 0.29) is 17.1 Å². The van der Waals surface area contributed by atoms with Gasteiger partial charge in [0.2, 0.25) is 0 Å². The topological polar surface area (TPSA) is 0 Å². The van der Waals surface area contributed by atoms with E-state index in [1.54, 1.807) is 0 Å². The van der Waals surface area contributed by atoms with Crippen molar-refractivity contribution in [3.63, 3.8) is 0 Å². The van der Waals surface area contributed by atoms with Crippen molar-refractivity contribution in [3.05, 3.63) is 0 Å². The van der Waals surface area contributed by atoms with E-state index in [9.17, 15) is 0 Å². The average molecular weight is 275 g/mol. The molecule has 2 heteroatoms. The summed E-state index contributed by atoms with van der Waals surface area (Å²) in [7, 11) is 0. The third kappa shape index (κ3) is 6.51. The van der Waals surface area contributed by atoms with Crippen LogP contribution >= 0.6 is 15.9 Å². The van der Waals surface area contributed by atoms with Gasteiger partial charge in [0.1, 0.15) is 0 Å². The van der Waals surface area contributed by atoms with Crippen LogP contribution < -0.4 is 0 Å². The molecule has 74 valence electrons. The summed E-state index contributed by atoms with van der Waals surface area (Å²) in [5.41, 5.74) is 0.